The summed E-state index contributed by atoms with van der Waals surface area (Å²) < 4.78 is 5.23. The van der Waals surface area contributed by atoms with Crippen molar-refractivity contribution < 1.29 is 9.53 Å². The van der Waals surface area contributed by atoms with Crippen molar-refractivity contribution in [3.8, 4) is 0 Å². The Morgan fingerprint density at radius 1 is 1.24 bits per heavy atom. The summed E-state index contributed by atoms with van der Waals surface area (Å²) in [5, 5.41) is 6.09. The highest BCUT2D eigenvalue weighted by Crippen LogP contribution is 2.37. The molecule has 1 amide bonds. The highest BCUT2D eigenvalue weighted by Gasteiger charge is 2.47. The van der Waals surface area contributed by atoms with Crippen LogP contribution < -0.4 is 15.5 Å². The molecule has 2 heterocycles. The Hall–Kier alpha value is -1.75. The summed E-state index contributed by atoms with van der Waals surface area (Å²) in [5.74, 6) is 0. The molecule has 2 N–H and O–H groups in total. The molecule has 0 saturated carbocycles. The predicted molar refractivity (Wildman–Crippen MR) is 83.8 cm³/mol. The van der Waals surface area contributed by atoms with Gasteiger partial charge in [0.2, 0.25) is 0 Å². The first-order chi connectivity index (χ1) is 9.85. The molecule has 21 heavy (non-hydrogen) atoms. The van der Waals surface area contributed by atoms with Crippen LogP contribution in [0.5, 0.6) is 0 Å². The Balaban J connectivity index is 1.54. The molecule has 5 heteroatoms. The third kappa shape index (κ3) is 3.13. The zero-order chi connectivity index (χ0) is 15.1. The molecule has 0 aliphatic carbocycles. The fourth-order valence-electron chi connectivity index (χ4n) is 2.83. The number of anilines is 2. The van der Waals surface area contributed by atoms with Crippen molar-refractivity contribution in [2.24, 2.45) is 5.41 Å². The Kier molecular flexibility index (Phi) is 3.32. The van der Waals surface area contributed by atoms with Crippen LogP contribution in [0.3, 0.4) is 0 Å². The van der Waals surface area contributed by atoms with Gasteiger partial charge in [-0.15, -0.1) is 0 Å². The number of hydrogen-bond acceptors (Lipinski definition) is 4. The van der Waals surface area contributed by atoms with E-state index in [0.29, 0.717) is 5.41 Å². The summed E-state index contributed by atoms with van der Waals surface area (Å²) in [7, 11) is 0. The van der Waals surface area contributed by atoms with Gasteiger partial charge in [-0.25, -0.2) is 4.79 Å². The topological polar surface area (TPSA) is 53.6 Å². The molecule has 1 aromatic rings. The number of carbonyl (C=O) groups excluding carboxylic acids is 1. The molecule has 0 bridgehead atoms. The molecular weight excluding hydrogens is 266 g/mol. The maximum absolute atomic E-state index is 11.7. The van der Waals surface area contributed by atoms with Crippen molar-refractivity contribution in [1.82, 2.24) is 5.32 Å². The lowest BCUT2D eigenvalue weighted by atomic mass is 9.74. The van der Waals surface area contributed by atoms with Crippen molar-refractivity contribution in [3.63, 3.8) is 0 Å². The van der Waals surface area contributed by atoms with Crippen molar-refractivity contribution in [2.75, 3.05) is 36.4 Å². The van der Waals surface area contributed by atoms with Crippen molar-refractivity contribution in [1.29, 1.82) is 0 Å². The third-order valence-corrected chi connectivity index (χ3v) is 3.93. The molecule has 2 aliphatic rings. The molecule has 1 aromatic carbocycles. The van der Waals surface area contributed by atoms with Crippen LogP contribution in [-0.2, 0) is 4.74 Å². The summed E-state index contributed by atoms with van der Waals surface area (Å²) in [5.41, 5.74) is 2.01. The van der Waals surface area contributed by atoms with Crippen molar-refractivity contribution in [2.45, 2.75) is 26.4 Å². The maximum atomic E-state index is 11.7. The number of rotatable bonds is 2. The molecule has 2 aliphatic heterocycles. The van der Waals surface area contributed by atoms with Crippen LogP contribution in [0, 0.1) is 5.41 Å². The molecule has 0 unspecified atom stereocenters. The minimum atomic E-state index is -0.479. The highest BCUT2D eigenvalue weighted by molar-refractivity contribution is 5.85. The van der Waals surface area contributed by atoms with Gasteiger partial charge in [-0.3, -0.25) is 5.32 Å². The molecule has 0 radical (unpaired) electrons. The average Bonchev–Trinajstić information content (AvgIpc) is 2.24. The van der Waals surface area contributed by atoms with Gasteiger partial charge < -0.3 is 15.0 Å². The molecule has 0 aromatic heterocycles. The summed E-state index contributed by atoms with van der Waals surface area (Å²) >= 11 is 0. The van der Waals surface area contributed by atoms with Crippen LogP contribution in [0.2, 0.25) is 0 Å². The molecule has 1 spiro atoms. The number of nitrogens with zero attached hydrogens (tertiary/aromatic N) is 1. The number of benzene rings is 1. The Morgan fingerprint density at radius 2 is 1.86 bits per heavy atom. The Bertz CT molecular complexity index is 521. The van der Waals surface area contributed by atoms with Gasteiger partial charge in [-0.05, 0) is 45.0 Å². The van der Waals surface area contributed by atoms with E-state index in [4.69, 9.17) is 4.74 Å². The zero-order valence-corrected chi connectivity index (χ0v) is 12.9. The lowest BCUT2D eigenvalue weighted by Gasteiger charge is -2.57. The van der Waals surface area contributed by atoms with Crippen LogP contribution >= 0.6 is 0 Å². The number of hydrogen-bond donors (Lipinski definition) is 2. The Morgan fingerprint density at radius 3 is 2.33 bits per heavy atom. The first kappa shape index (κ1) is 14.2. The third-order valence-electron chi connectivity index (χ3n) is 3.93. The van der Waals surface area contributed by atoms with Crippen LogP contribution in [0.15, 0.2) is 24.3 Å². The second-order valence-electron chi connectivity index (χ2n) is 7.13. The number of amides is 1. The summed E-state index contributed by atoms with van der Waals surface area (Å²) in [6, 6.07) is 7.93. The monoisotopic (exact) mass is 289 g/mol. The van der Waals surface area contributed by atoms with E-state index < -0.39 is 11.7 Å². The zero-order valence-electron chi connectivity index (χ0n) is 12.9. The second kappa shape index (κ2) is 4.91. The van der Waals surface area contributed by atoms with E-state index in [1.165, 1.54) is 5.69 Å². The maximum Gasteiger partial charge on any atom is 0.412 e. The largest absolute Gasteiger partial charge is 0.444 e. The summed E-state index contributed by atoms with van der Waals surface area (Å²) in [6.45, 7) is 10.1. The standard InChI is InChI=1S/C16H23N3O2/c1-15(2,3)21-14(20)18-12-4-6-13(7-5-12)19-10-16(11-19)8-17-9-16/h4-7,17H,8-11H2,1-3H3,(H,18,20). The lowest BCUT2D eigenvalue weighted by Crippen LogP contribution is -2.71. The minimum Gasteiger partial charge on any atom is -0.444 e. The number of carbonyl (C=O) groups is 1. The fraction of sp³-hybridized carbons (Fsp3) is 0.562. The quantitative estimate of drug-likeness (QED) is 0.878. The molecule has 5 nitrogen and oxygen atoms in total. The van der Waals surface area contributed by atoms with Gasteiger partial charge in [0.05, 0.1) is 0 Å². The van der Waals surface area contributed by atoms with Gasteiger partial charge in [0.15, 0.2) is 0 Å². The van der Waals surface area contributed by atoms with Gasteiger partial charge in [-0.1, -0.05) is 0 Å². The van der Waals surface area contributed by atoms with E-state index in [0.717, 1.165) is 31.9 Å². The molecular formula is C16H23N3O2. The van der Waals surface area contributed by atoms with Crippen molar-refractivity contribution >= 4 is 17.5 Å². The number of ether oxygens (including phenoxy) is 1. The minimum absolute atomic E-state index is 0.418. The van der Waals surface area contributed by atoms with E-state index >= 15 is 0 Å². The first-order valence-corrected chi connectivity index (χ1v) is 7.41. The van der Waals surface area contributed by atoms with E-state index in [1.807, 2.05) is 45.0 Å². The van der Waals surface area contributed by atoms with E-state index in [9.17, 15) is 4.79 Å². The predicted octanol–water partition coefficient (Wildman–Crippen LogP) is 2.44. The lowest BCUT2D eigenvalue weighted by molar-refractivity contribution is 0.0636. The molecule has 2 saturated heterocycles. The molecule has 114 valence electrons. The van der Waals surface area contributed by atoms with Gasteiger partial charge >= 0.3 is 6.09 Å². The second-order valence-corrected chi connectivity index (χ2v) is 7.13. The molecule has 3 rings (SSSR count). The highest BCUT2D eigenvalue weighted by atomic mass is 16.6. The average molecular weight is 289 g/mol. The van der Waals surface area contributed by atoms with E-state index in [-0.39, 0.29) is 0 Å². The van der Waals surface area contributed by atoms with Crippen LogP contribution in [0.25, 0.3) is 0 Å². The molecule has 0 atom stereocenters. The van der Waals surface area contributed by atoms with E-state index in [2.05, 4.69) is 15.5 Å². The van der Waals surface area contributed by atoms with Crippen LogP contribution in [0.4, 0.5) is 16.2 Å². The van der Waals surface area contributed by atoms with E-state index in [1.54, 1.807) is 0 Å². The summed E-state index contributed by atoms with van der Waals surface area (Å²) in [4.78, 5) is 14.1. The van der Waals surface area contributed by atoms with Gasteiger partial charge in [-0.2, -0.15) is 0 Å². The fourth-order valence-corrected chi connectivity index (χ4v) is 2.83. The number of nitrogens with one attached hydrogen (secondary N) is 2. The van der Waals surface area contributed by atoms with Gasteiger partial charge in [0, 0.05) is 43.0 Å². The smallest absolute Gasteiger partial charge is 0.412 e. The van der Waals surface area contributed by atoms with Crippen molar-refractivity contribution in [3.05, 3.63) is 24.3 Å². The van der Waals surface area contributed by atoms with Crippen LogP contribution in [0.1, 0.15) is 20.8 Å². The van der Waals surface area contributed by atoms with Gasteiger partial charge in [0.1, 0.15) is 5.60 Å². The normalized spacial score (nSPS) is 19.7. The SMILES string of the molecule is CC(C)(C)OC(=O)Nc1ccc(N2CC3(CNC3)C2)cc1. The molecule has 2 fully saturated rings. The van der Waals surface area contributed by atoms with Gasteiger partial charge in [0.25, 0.3) is 0 Å². The van der Waals surface area contributed by atoms with Crippen LogP contribution in [-0.4, -0.2) is 37.9 Å². The summed E-state index contributed by atoms with van der Waals surface area (Å²) in [6.07, 6.45) is -0.418. The first-order valence-electron chi connectivity index (χ1n) is 7.41. The Labute approximate surface area is 125 Å².